The van der Waals surface area contributed by atoms with Crippen LogP contribution >= 0.6 is 12.6 Å². The molecular formula is C8H9F2NS. The highest BCUT2D eigenvalue weighted by atomic mass is 32.1. The maximum absolute atomic E-state index is 12.8. The fourth-order valence-corrected chi connectivity index (χ4v) is 0.935. The number of hydrogen-bond acceptors (Lipinski definition) is 2. The van der Waals surface area contributed by atoms with Gasteiger partial charge >= 0.3 is 0 Å². The first-order valence-corrected chi connectivity index (χ1v) is 4.17. The Labute approximate surface area is 75.2 Å². The van der Waals surface area contributed by atoms with Crippen molar-refractivity contribution in [3.8, 4) is 0 Å². The van der Waals surface area contributed by atoms with Crippen LogP contribution in [0.2, 0.25) is 0 Å². The summed E-state index contributed by atoms with van der Waals surface area (Å²) in [5.41, 5.74) is 0.184. The fourth-order valence-electron chi connectivity index (χ4n) is 0.824. The van der Waals surface area contributed by atoms with E-state index in [2.05, 4.69) is 17.9 Å². The van der Waals surface area contributed by atoms with Crippen LogP contribution < -0.4 is 5.32 Å². The van der Waals surface area contributed by atoms with Crippen molar-refractivity contribution in [1.82, 2.24) is 0 Å². The molecule has 0 aromatic heterocycles. The molecule has 0 aliphatic carbocycles. The molecule has 1 nitrogen and oxygen atoms in total. The van der Waals surface area contributed by atoms with Gasteiger partial charge in [0, 0.05) is 12.3 Å². The Hall–Kier alpha value is -0.770. The third-order valence-corrected chi connectivity index (χ3v) is 1.58. The predicted molar refractivity (Wildman–Crippen MR) is 48.7 cm³/mol. The molecule has 0 aliphatic heterocycles. The van der Waals surface area contributed by atoms with Gasteiger partial charge in [0.1, 0.15) is 11.6 Å². The molecule has 1 aromatic carbocycles. The zero-order chi connectivity index (χ0) is 8.97. The van der Waals surface area contributed by atoms with E-state index in [1.807, 2.05) is 0 Å². The van der Waals surface area contributed by atoms with E-state index in [0.29, 0.717) is 12.3 Å². The molecule has 1 rings (SSSR count). The van der Waals surface area contributed by atoms with Gasteiger partial charge in [0.15, 0.2) is 0 Å². The number of thiol groups is 1. The highest BCUT2D eigenvalue weighted by Gasteiger charge is 2.01. The number of rotatable bonds is 3. The van der Waals surface area contributed by atoms with E-state index < -0.39 is 11.6 Å². The normalized spacial score (nSPS) is 9.92. The Bertz CT molecular complexity index is 265. The summed E-state index contributed by atoms with van der Waals surface area (Å²) >= 11 is 3.93. The summed E-state index contributed by atoms with van der Waals surface area (Å²) in [5.74, 6) is -0.313. The Morgan fingerprint density at radius 3 is 2.75 bits per heavy atom. The van der Waals surface area contributed by atoms with E-state index in [0.717, 1.165) is 18.2 Å². The minimum absolute atomic E-state index is 0.184. The fraction of sp³-hybridized carbons (Fsp3) is 0.250. The van der Waals surface area contributed by atoms with Crippen molar-refractivity contribution in [1.29, 1.82) is 0 Å². The lowest BCUT2D eigenvalue weighted by atomic mass is 10.3. The van der Waals surface area contributed by atoms with Crippen LogP contribution in [-0.4, -0.2) is 12.3 Å². The Balaban J connectivity index is 2.75. The molecule has 0 spiro atoms. The molecule has 4 heteroatoms. The van der Waals surface area contributed by atoms with Gasteiger partial charge in [-0.1, -0.05) is 0 Å². The van der Waals surface area contributed by atoms with Gasteiger partial charge in [-0.2, -0.15) is 12.6 Å². The monoisotopic (exact) mass is 189 g/mol. The van der Waals surface area contributed by atoms with Crippen LogP contribution in [0, 0.1) is 11.6 Å². The van der Waals surface area contributed by atoms with Crippen molar-refractivity contribution in [2.45, 2.75) is 0 Å². The summed E-state index contributed by atoms with van der Waals surface area (Å²) in [5, 5.41) is 2.71. The first-order valence-electron chi connectivity index (χ1n) is 3.54. The standard InChI is InChI=1S/C8H9F2NS/c9-6-1-2-7(10)8(5-6)11-3-4-12/h1-2,5,11-12H,3-4H2. The minimum atomic E-state index is -0.446. The van der Waals surface area contributed by atoms with E-state index in [1.165, 1.54) is 0 Å². The molecule has 1 N–H and O–H groups in total. The molecule has 12 heavy (non-hydrogen) atoms. The summed E-state index contributed by atoms with van der Waals surface area (Å²) in [7, 11) is 0. The summed E-state index contributed by atoms with van der Waals surface area (Å²) in [6.45, 7) is 0.517. The van der Waals surface area contributed by atoms with Crippen LogP contribution in [0.1, 0.15) is 0 Å². The lowest BCUT2D eigenvalue weighted by Gasteiger charge is -2.04. The molecule has 0 aliphatic rings. The molecule has 0 heterocycles. The van der Waals surface area contributed by atoms with Crippen molar-refractivity contribution in [2.75, 3.05) is 17.6 Å². The van der Waals surface area contributed by atoms with Gasteiger partial charge < -0.3 is 5.32 Å². The number of nitrogens with one attached hydrogen (secondary N) is 1. The molecule has 0 fully saturated rings. The first-order chi connectivity index (χ1) is 5.74. The van der Waals surface area contributed by atoms with Gasteiger partial charge in [-0.15, -0.1) is 0 Å². The molecule has 0 saturated carbocycles. The maximum atomic E-state index is 12.8. The van der Waals surface area contributed by atoms with E-state index >= 15 is 0 Å². The van der Waals surface area contributed by atoms with Gasteiger partial charge in [-0.3, -0.25) is 0 Å². The molecule has 0 amide bonds. The maximum Gasteiger partial charge on any atom is 0.146 e. The largest absolute Gasteiger partial charge is 0.382 e. The summed E-state index contributed by atoms with van der Waals surface area (Å²) < 4.78 is 25.4. The van der Waals surface area contributed by atoms with Crippen molar-refractivity contribution < 1.29 is 8.78 Å². The highest BCUT2D eigenvalue weighted by molar-refractivity contribution is 7.80. The second kappa shape index (κ2) is 4.30. The van der Waals surface area contributed by atoms with Gasteiger partial charge in [-0.25, -0.2) is 8.78 Å². The second-order valence-electron chi connectivity index (χ2n) is 2.27. The molecule has 66 valence electrons. The van der Waals surface area contributed by atoms with Crippen molar-refractivity contribution in [3.05, 3.63) is 29.8 Å². The van der Waals surface area contributed by atoms with Crippen LogP contribution in [0.4, 0.5) is 14.5 Å². The van der Waals surface area contributed by atoms with Crippen LogP contribution in [0.15, 0.2) is 18.2 Å². The molecule has 0 radical (unpaired) electrons. The van der Waals surface area contributed by atoms with Crippen molar-refractivity contribution in [3.63, 3.8) is 0 Å². The number of anilines is 1. The van der Waals surface area contributed by atoms with Crippen molar-refractivity contribution >= 4 is 18.3 Å². The van der Waals surface area contributed by atoms with E-state index in [4.69, 9.17) is 0 Å². The molecule has 0 bridgehead atoms. The Morgan fingerprint density at radius 2 is 2.08 bits per heavy atom. The van der Waals surface area contributed by atoms with Gasteiger partial charge in [0.2, 0.25) is 0 Å². The second-order valence-corrected chi connectivity index (χ2v) is 2.72. The van der Waals surface area contributed by atoms with Crippen LogP contribution in [0.25, 0.3) is 0 Å². The van der Waals surface area contributed by atoms with Gasteiger partial charge in [-0.05, 0) is 18.2 Å². The average Bonchev–Trinajstić information content (AvgIpc) is 2.07. The molecular weight excluding hydrogens is 180 g/mol. The smallest absolute Gasteiger partial charge is 0.146 e. The Kier molecular flexibility index (Phi) is 3.34. The van der Waals surface area contributed by atoms with Crippen LogP contribution in [0.5, 0.6) is 0 Å². The van der Waals surface area contributed by atoms with E-state index in [-0.39, 0.29) is 5.69 Å². The number of benzene rings is 1. The third kappa shape index (κ3) is 2.37. The summed E-state index contributed by atoms with van der Waals surface area (Å²) in [6, 6.07) is 3.30. The third-order valence-electron chi connectivity index (χ3n) is 1.36. The van der Waals surface area contributed by atoms with Gasteiger partial charge in [0.05, 0.1) is 5.69 Å². The topological polar surface area (TPSA) is 12.0 Å². The Morgan fingerprint density at radius 1 is 1.33 bits per heavy atom. The molecule has 0 atom stereocenters. The molecule has 0 unspecified atom stereocenters. The highest BCUT2D eigenvalue weighted by Crippen LogP contribution is 2.14. The first kappa shape index (κ1) is 9.32. The van der Waals surface area contributed by atoms with Crippen LogP contribution in [-0.2, 0) is 0 Å². The quantitative estimate of drug-likeness (QED) is 0.695. The summed E-state index contributed by atoms with van der Waals surface area (Å²) in [4.78, 5) is 0. The lowest BCUT2D eigenvalue weighted by molar-refractivity contribution is 0.602. The number of hydrogen-bond donors (Lipinski definition) is 2. The minimum Gasteiger partial charge on any atom is -0.382 e. The molecule has 1 aromatic rings. The van der Waals surface area contributed by atoms with Crippen molar-refractivity contribution in [2.24, 2.45) is 0 Å². The molecule has 0 saturated heterocycles. The van der Waals surface area contributed by atoms with Gasteiger partial charge in [0.25, 0.3) is 0 Å². The number of halogens is 2. The zero-order valence-corrected chi connectivity index (χ0v) is 7.24. The van der Waals surface area contributed by atoms with Crippen LogP contribution in [0.3, 0.4) is 0 Å². The SMILES string of the molecule is Fc1ccc(F)c(NCCS)c1. The predicted octanol–water partition coefficient (Wildman–Crippen LogP) is 2.31. The van der Waals surface area contributed by atoms with E-state index in [1.54, 1.807) is 0 Å². The average molecular weight is 189 g/mol. The summed E-state index contributed by atoms with van der Waals surface area (Å²) in [6.07, 6.45) is 0. The van der Waals surface area contributed by atoms with E-state index in [9.17, 15) is 8.78 Å². The zero-order valence-electron chi connectivity index (χ0n) is 6.35. The lowest BCUT2D eigenvalue weighted by Crippen LogP contribution is -2.04.